The molecule has 0 aliphatic heterocycles. The third-order valence-electron chi connectivity index (χ3n) is 3.42. The van der Waals surface area contributed by atoms with Gasteiger partial charge in [-0.2, -0.15) is 0 Å². The minimum absolute atomic E-state index is 0.0352. The lowest BCUT2D eigenvalue weighted by atomic mass is 9.76. The SMILES string of the molecule is CN(Cc1ccccc1O)C(=O)C1(N)CCC1. The summed E-state index contributed by atoms with van der Waals surface area (Å²) < 4.78 is 0. The van der Waals surface area contributed by atoms with E-state index in [1.807, 2.05) is 12.1 Å². The first-order valence-corrected chi connectivity index (χ1v) is 5.84. The second-order valence-corrected chi connectivity index (χ2v) is 4.80. The monoisotopic (exact) mass is 234 g/mol. The molecule has 1 fully saturated rings. The molecule has 1 saturated carbocycles. The highest BCUT2D eigenvalue weighted by molar-refractivity contribution is 5.86. The zero-order valence-electron chi connectivity index (χ0n) is 10.0. The summed E-state index contributed by atoms with van der Waals surface area (Å²) >= 11 is 0. The Hall–Kier alpha value is -1.55. The van der Waals surface area contributed by atoms with Crippen LogP contribution in [0.5, 0.6) is 5.75 Å². The topological polar surface area (TPSA) is 66.6 Å². The molecule has 0 heterocycles. The molecule has 0 radical (unpaired) electrons. The zero-order chi connectivity index (χ0) is 12.5. The van der Waals surface area contributed by atoms with Crippen molar-refractivity contribution in [3.63, 3.8) is 0 Å². The fourth-order valence-electron chi connectivity index (χ4n) is 2.12. The third-order valence-corrected chi connectivity index (χ3v) is 3.42. The van der Waals surface area contributed by atoms with Gasteiger partial charge in [-0.05, 0) is 25.3 Å². The quantitative estimate of drug-likeness (QED) is 0.826. The predicted molar refractivity (Wildman–Crippen MR) is 65.4 cm³/mol. The molecule has 1 aliphatic carbocycles. The summed E-state index contributed by atoms with van der Waals surface area (Å²) in [4.78, 5) is 13.7. The average molecular weight is 234 g/mol. The number of nitrogens with two attached hydrogens (primary N) is 1. The van der Waals surface area contributed by atoms with Crippen LogP contribution in [0.25, 0.3) is 0 Å². The highest BCUT2D eigenvalue weighted by Gasteiger charge is 2.41. The molecule has 1 aromatic carbocycles. The van der Waals surface area contributed by atoms with Crippen LogP contribution < -0.4 is 5.73 Å². The summed E-state index contributed by atoms with van der Waals surface area (Å²) in [5.41, 5.74) is 6.06. The van der Waals surface area contributed by atoms with Crippen molar-refractivity contribution in [1.29, 1.82) is 0 Å². The number of benzene rings is 1. The lowest BCUT2D eigenvalue weighted by molar-refractivity contribution is -0.139. The lowest BCUT2D eigenvalue weighted by Gasteiger charge is -2.39. The number of phenolic OH excluding ortho intramolecular Hbond substituents is 1. The van der Waals surface area contributed by atoms with Crippen LogP contribution in [0.3, 0.4) is 0 Å². The van der Waals surface area contributed by atoms with E-state index in [2.05, 4.69) is 0 Å². The van der Waals surface area contributed by atoms with Gasteiger partial charge < -0.3 is 15.7 Å². The van der Waals surface area contributed by atoms with Gasteiger partial charge in [-0.15, -0.1) is 0 Å². The van der Waals surface area contributed by atoms with Gasteiger partial charge in [0, 0.05) is 19.2 Å². The fraction of sp³-hybridized carbons (Fsp3) is 0.462. The van der Waals surface area contributed by atoms with Crippen molar-refractivity contribution in [2.24, 2.45) is 5.73 Å². The van der Waals surface area contributed by atoms with Gasteiger partial charge in [-0.3, -0.25) is 4.79 Å². The van der Waals surface area contributed by atoms with E-state index in [0.717, 1.165) is 24.8 Å². The number of rotatable bonds is 3. The molecule has 1 aliphatic rings. The molecule has 1 amide bonds. The summed E-state index contributed by atoms with van der Waals surface area (Å²) in [6, 6.07) is 7.03. The van der Waals surface area contributed by atoms with Crippen molar-refractivity contribution in [3.8, 4) is 5.75 Å². The van der Waals surface area contributed by atoms with E-state index in [-0.39, 0.29) is 11.7 Å². The molecular formula is C13H18N2O2. The smallest absolute Gasteiger partial charge is 0.242 e. The van der Waals surface area contributed by atoms with Gasteiger partial charge in [-0.25, -0.2) is 0 Å². The van der Waals surface area contributed by atoms with Crippen LogP contribution in [0.4, 0.5) is 0 Å². The molecule has 0 bridgehead atoms. The van der Waals surface area contributed by atoms with Gasteiger partial charge in [0.25, 0.3) is 0 Å². The number of likely N-dealkylation sites (N-methyl/N-ethyl adjacent to an activating group) is 1. The molecular weight excluding hydrogens is 216 g/mol. The van der Waals surface area contributed by atoms with Crippen molar-refractivity contribution in [1.82, 2.24) is 4.90 Å². The summed E-state index contributed by atoms with van der Waals surface area (Å²) in [7, 11) is 1.72. The molecule has 17 heavy (non-hydrogen) atoms. The number of carbonyl (C=O) groups excluding carboxylic acids is 1. The zero-order valence-corrected chi connectivity index (χ0v) is 10.0. The summed E-state index contributed by atoms with van der Waals surface area (Å²) in [5.74, 6) is 0.179. The van der Waals surface area contributed by atoms with Crippen LogP contribution in [0.1, 0.15) is 24.8 Å². The van der Waals surface area contributed by atoms with E-state index in [1.54, 1.807) is 24.1 Å². The van der Waals surface area contributed by atoms with Crippen LogP contribution in [0, 0.1) is 0 Å². The Bertz CT molecular complexity index is 427. The number of phenols is 1. The van der Waals surface area contributed by atoms with E-state index in [1.165, 1.54) is 0 Å². The van der Waals surface area contributed by atoms with Crippen molar-refractivity contribution >= 4 is 5.91 Å². The van der Waals surface area contributed by atoms with Crippen LogP contribution in [-0.4, -0.2) is 28.5 Å². The molecule has 0 aromatic heterocycles. The lowest BCUT2D eigenvalue weighted by Crippen LogP contribution is -2.58. The highest BCUT2D eigenvalue weighted by Crippen LogP contribution is 2.31. The minimum atomic E-state index is -0.668. The predicted octanol–water partition coefficient (Wildman–Crippen LogP) is 1.23. The number of amides is 1. The van der Waals surface area contributed by atoms with Crippen LogP contribution >= 0.6 is 0 Å². The maximum Gasteiger partial charge on any atom is 0.242 e. The Balaban J connectivity index is 2.04. The summed E-state index contributed by atoms with van der Waals surface area (Å²) in [6.45, 7) is 0.393. The maximum atomic E-state index is 12.1. The standard InChI is InChI=1S/C13H18N2O2/c1-15(12(17)13(14)7-4-8-13)9-10-5-2-3-6-11(10)16/h2-3,5-6,16H,4,7-9,14H2,1H3. The number of hydrogen-bond donors (Lipinski definition) is 2. The van der Waals surface area contributed by atoms with Crippen molar-refractivity contribution in [3.05, 3.63) is 29.8 Å². The molecule has 4 heteroatoms. The van der Waals surface area contributed by atoms with Crippen LogP contribution in [0.15, 0.2) is 24.3 Å². The Morgan fingerprint density at radius 1 is 1.47 bits per heavy atom. The fourth-order valence-corrected chi connectivity index (χ4v) is 2.12. The van der Waals surface area contributed by atoms with Gasteiger partial charge in [0.05, 0.1) is 5.54 Å². The van der Waals surface area contributed by atoms with Crippen molar-refractivity contribution in [2.75, 3.05) is 7.05 Å². The van der Waals surface area contributed by atoms with Gasteiger partial charge in [-0.1, -0.05) is 18.2 Å². The molecule has 0 atom stereocenters. The van der Waals surface area contributed by atoms with E-state index in [9.17, 15) is 9.90 Å². The highest BCUT2D eigenvalue weighted by atomic mass is 16.3. The average Bonchev–Trinajstić information content (AvgIpc) is 2.28. The van der Waals surface area contributed by atoms with Crippen LogP contribution in [-0.2, 0) is 11.3 Å². The first-order chi connectivity index (χ1) is 8.03. The van der Waals surface area contributed by atoms with Crippen LogP contribution in [0.2, 0.25) is 0 Å². The molecule has 0 unspecified atom stereocenters. The number of aromatic hydroxyl groups is 1. The molecule has 3 N–H and O–H groups in total. The summed E-state index contributed by atoms with van der Waals surface area (Å²) in [5, 5.41) is 9.65. The second kappa shape index (κ2) is 4.37. The molecule has 0 spiro atoms. The summed E-state index contributed by atoms with van der Waals surface area (Å²) in [6.07, 6.45) is 2.54. The van der Waals surface area contributed by atoms with Crippen molar-refractivity contribution < 1.29 is 9.90 Å². The maximum absolute atomic E-state index is 12.1. The molecule has 2 rings (SSSR count). The Morgan fingerprint density at radius 3 is 2.65 bits per heavy atom. The largest absolute Gasteiger partial charge is 0.508 e. The Labute approximate surface area is 101 Å². The van der Waals surface area contributed by atoms with E-state index < -0.39 is 5.54 Å². The molecule has 92 valence electrons. The van der Waals surface area contributed by atoms with E-state index >= 15 is 0 Å². The van der Waals surface area contributed by atoms with E-state index in [0.29, 0.717) is 6.54 Å². The molecule has 0 saturated heterocycles. The number of carbonyl (C=O) groups is 1. The van der Waals surface area contributed by atoms with Gasteiger partial charge in [0.1, 0.15) is 5.75 Å². The third kappa shape index (κ3) is 2.26. The van der Waals surface area contributed by atoms with Gasteiger partial charge >= 0.3 is 0 Å². The number of hydrogen-bond acceptors (Lipinski definition) is 3. The number of para-hydroxylation sites is 1. The molecule has 4 nitrogen and oxygen atoms in total. The Kier molecular flexibility index (Phi) is 3.07. The number of nitrogens with zero attached hydrogens (tertiary/aromatic N) is 1. The normalized spacial score (nSPS) is 17.3. The molecule has 1 aromatic rings. The Morgan fingerprint density at radius 2 is 2.12 bits per heavy atom. The van der Waals surface area contributed by atoms with E-state index in [4.69, 9.17) is 5.73 Å². The minimum Gasteiger partial charge on any atom is -0.508 e. The second-order valence-electron chi connectivity index (χ2n) is 4.80. The first-order valence-electron chi connectivity index (χ1n) is 5.84. The van der Waals surface area contributed by atoms with Crippen molar-refractivity contribution in [2.45, 2.75) is 31.3 Å². The van der Waals surface area contributed by atoms with Gasteiger partial charge in [0.2, 0.25) is 5.91 Å². The first kappa shape index (κ1) is 11.9. The van der Waals surface area contributed by atoms with Gasteiger partial charge in [0.15, 0.2) is 0 Å².